The molecular formula is C19H21ClN2O. The Morgan fingerprint density at radius 3 is 2.78 bits per heavy atom. The van der Waals surface area contributed by atoms with Gasteiger partial charge in [-0.3, -0.25) is 9.69 Å². The average Bonchev–Trinajstić information content (AvgIpc) is 2.57. The fourth-order valence-corrected chi connectivity index (χ4v) is 3.13. The average molecular weight is 329 g/mol. The molecule has 1 aliphatic heterocycles. The fourth-order valence-electron chi connectivity index (χ4n) is 2.96. The Kier molecular flexibility index (Phi) is 4.99. The van der Waals surface area contributed by atoms with Gasteiger partial charge in [-0.1, -0.05) is 41.9 Å². The van der Waals surface area contributed by atoms with Crippen molar-refractivity contribution in [3.63, 3.8) is 0 Å². The van der Waals surface area contributed by atoms with Gasteiger partial charge in [0.15, 0.2) is 0 Å². The lowest BCUT2D eigenvalue weighted by atomic mass is 10.00. The molecule has 1 N–H and O–H groups in total. The first-order chi connectivity index (χ1) is 11.1. The first kappa shape index (κ1) is 16.0. The number of anilines is 1. The minimum atomic E-state index is 0.0363. The highest BCUT2D eigenvalue weighted by atomic mass is 35.5. The van der Waals surface area contributed by atoms with Crippen LogP contribution in [0.5, 0.6) is 0 Å². The summed E-state index contributed by atoms with van der Waals surface area (Å²) in [6.45, 7) is 4.64. The van der Waals surface area contributed by atoms with Gasteiger partial charge in [0.1, 0.15) is 0 Å². The molecule has 2 aromatic rings. The Morgan fingerprint density at radius 1 is 1.17 bits per heavy atom. The number of nitrogens with zero attached hydrogens (tertiary/aromatic N) is 1. The maximum absolute atomic E-state index is 12.2. The van der Waals surface area contributed by atoms with Crippen LogP contribution >= 0.6 is 11.6 Å². The first-order valence-electron chi connectivity index (χ1n) is 7.97. The molecule has 3 nitrogen and oxygen atoms in total. The molecule has 0 saturated heterocycles. The highest BCUT2D eigenvalue weighted by Crippen LogP contribution is 2.23. The largest absolute Gasteiger partial charge is 0.326 e. The van der Waals surface area contributed by atoms with Gasteiger partial charge in [0.05, 0.1) is 0 Å². The third-order valence-corrected chi connectivity index (χ3v) is 4.82. The summed E-state index contributed by atoms with van der Waals surface area (Å²) in [5, 5.41) is 3.64. The number of hydrogen-bond donors (Lipinski definition) is 1. The molecule has 4 heteroatoms. The number of nitrogens with one attached hydrogen (secondary N) is 1. The maximum atomic E-state index is 12.2. The summed E-state index contributed by atoms with van der Waals surface area (Å²) in [6, 6.07) is 14.1. The van der Waals surface area contributed by atoms with Crippen molar-refractivity contribution in [3.05, 3.63) is 64.2 Å². The number of carbonyl (C=O) groups excluding carboxylic acids is 1. The molecule has 120 valence electrons. The van der Waals surface area contributed by atoms with Crippen molar-refractivity contribution in [3.8, 4) is 0 Å². The topological polar surface area (TPSA) is 32.3 Å². The van der Waals surface area contributed by atoms with Crippen LogP contribution in [0.2, 0.25) is 5.02 Å². The zero-order valence-corrected chi connectivity index (χ0v) is 14.1. The van der Waals surface area contributed by atoms with Crippen LogP contribution in [-0.4, -0.2) is 23.9 Å². The van der Waals surface area contributed by atoms with Crippen molar-refractivity contribution in [2.24, 2.45) is 0 Å². The minimum Gasteiger partial charge on any atom is -0.326 e. The van der Waals surface area contributed by atoms with Crippen LogP contribution < -0.4 is 5.32 Å². The molecule has 2 aromatic carbocycles. The highest BCUT2D eigenvalue weighted by Gasteiger charge is 2.16. The molecule has 0 spiro atoms. The molecule has 0 bridgehead atoms. The normalized spacial score (nSPS) is 14.3. The summed E-state index contributed by atoms with van der Waals surface area (Å²) in [4.78, 5) is 14.5. The summed E-state index contributed by atoms with van der Waals surface area (Å²) in [5.74, 6) is 0.0363. The van der Waals surface area contributed by atoms with E-state index in [4.69, 9.17) is 11.6 Å². The Balaban J connectivity index is 1.53. The Morgan fingerprint density at radius 2 is 1.96 bits per heavy atom. The molecule has 0 radical (unpaired) electrons. The maximum Gasteiger partial charge on any atom is 0.225 e. The second kappa shape index (κ2) is 7.16. The van der Waals surface area contributed by atoms with E-state index in [1.807, 2.05) is 25.1 Å². The number of fused-ring (bicyclic) bond motifs is 1. The molecule has 0 aliphatic carbocycles. The van der Waals surface area contributed by atoms with Crippen LogP contribution in [0.1, 0.15) is 23.1 Å². The molecule has 1 aliphatic rings. The van der Waals surface area contributed by atoms with Crippen LogP contribution in [0.15, 0.2) is 42.5 Å². The third kappa shape index (κ3) is 3.92. The molecule has 0 unspecified atom stereocenters. The van der Waals surface area contributed by atoms with Crippen LogP contribution in [0, 0.1) is 6.92 Å². The zero-order valence-electron chi connectivity index (χ0n) is 13.3. The van der Waals surface area contributed by atoms with Gasteiger partial charge in [0, 0.05) is 36.8 Å². The third-order valence-electron chi connectivity index (χ3n) is 4.41. The van der Waals surface area contributed by atoms with E-state index in [-0.39, 0.29) is 5.91 Å². The number of halogens is 1. The number of benzene rings is 2. The molecule has 0 aromatic heterocycles. The number of rotatable bonds is 4. The summed E-state index contributed by atoms with van der Waals surface area (Å²) in [7, 11) is 0. The van der Waals surface area contributed by atoms with Gasteiger partial charge in [-0.15, -0.1) is 0 Å². The standard InChI is InChI=1S/C19H21ClN2O/c1-14-17(20)7-4-8-18(14)21-19(23)10-12-22-11-9-15-5-2-3-6-16(15)13-22/h2-8H,9-13H2,1H3,(H,21,23). The minimum absolute atomic E-state index is 0.0363. The Hall–Kier alpha value is -1.84. The molecule has 1 heterocycles. The van der Waals surface area contributed by atoms with Crippen LogP contribution in [0.3, 0.4) is 0 Å². The Labute approximate surface area is 142 Å². The lowest BCUT2D eigenvalue weighted by Crippen LogP contribution is -2.33. The fraction of sp³-hybridized carbons (Fsp3) is 0.316. The van der Waals surface area contributed by atoms with Gasteiger partial charge in [-0.05, 0) is 42.2 Å². The van der Waals surface area contributed by atoms with E-state index in [9.17, 15) is 4.79 Å². The quantitative estimate of drug-likeness (QED) is 0.918. The SMILES string of the molecule is Cc1c(Cl)cccc1NC(=O)CCN1CCc2ccccc2C1. The number of hydrogen-bond acceptors (Lipinski definition) is 2. The van der Waals surface area contributed by atoms with E-state index < -0.39 is 0 Å². The van der Waals surface area contributed by atoms with E-state index in [1.54, 1.807) is 0 Å². The van der Waals surface area contributed by atoms with Crippen LogP contribution in [0.25, 0.3) is 0 Å². The summed E-state index contributed by atoms with van der Waals surface area (Å²) in [5.41, 5.74) is 4.52. The summed E-state index contributed by atoms with van der Waals surface area (Å²) in [6.07, 6.45) is 1.55. The Bertz CT molecular complexity index is 714. The van der Waals surface area contributed by atoms with Gasteiger partial charge in [-0.2, -0.15) is 0 Å². The van der Waals surface area contributed by atoms with Crippen molar-refractivity contribution >= 4 is 23.2 Å². The van der Waals surface area contributed by atoms with E-state index in [0.29, 0.717) is 11.4 Å². The molecule has 1 amide bonds. The number of amides is 1. The van der Waals surface area contributed by atoms with E-state index in [2.05, 4.69) is 34.5 Å². The van der Waals surface area contributed by atoms with Crippen molar-refractivity contribution in [2.75, 3.05) is 18.4 Å². The van der Waals surface area contributed by atoms with Crippen molar-refractivity contribution in [1.29, 1.82) is 0 Å². The van der Waals surface area contributed by atoms with Gasteiger partial charge in [0.25, 0.3) is 0 Å². The molecule has 23 heavy (non-hydrogen) atoms. The van der Waals surface area contributed by atoms with Crippen LogP contribution in [0.4, 0.5) is 5.69 Å². The first-order valence-corrected chi connectivity index (χ1v) is 8.35. The van der Waals surface area contributed by atoms with E-state index in [1.165, 1.54) is 11.1 Å². The molecular weight excluding hydrogens is 308 g/mol. The van der Waals surface area contributed by atoms with Crippen molar-refractivity contribution in [2.45, 2.75) is 26.3 Å². The molecule has 0 fully saturated rings. The van der Waals surface area contributed by atoms with E-state index in [0.717, 1.165) is 37.3 Å². The van der Waals surface area contributed by atoms with Gasteiger partial charge in [0.2, 0.25) is 5.91 Å². The second-order valence-corrected chi connectivity index (χ2v) is 6.41. The van der Waals surface area contributed by atoms with Gasteiger partial charge < -0.3 is 5.32 Å². The van der Waals surface area contributed by atoms with Gasteiger partial charge >= 0.3 is 0 Å². The number of carbonyl (C=O) groups is 1. The van der Waals surface area contributed by atoms with Crippen LogP contribution in [-0.2, 0) is 17.8 Å². The predicted molar refractivity (Wildman–Crippen MR) is 94.9 cm³/mol. The molecule has 0 atom stereocenters. The summed E-state index contributed by atoms with van der Waals surface area (Å²) < 4.78 is 0. The molecule has 0 saturated carbocycles. The second-order valence-electron chi connectivity index (χ2n) is 6.01. The smallest absolute Gasteiger partial charge is 0.225 e. The monoisotopic (exact) mass is 328 g/mol. The zero-order chi connectivity index (χ0) is 16.2. The lowest BCUT2D eigenvalue weighted by Gasteiger charge is -2.28. The van der Waals surface area contributed by atoms with Crippen molar-refractivity contribution in [1.82, 2.24) is 4.90 Å². The highest BCUT2D eigenvalue weighted by molar-refractivity contribution is 6.31. The van der Waals surface area contributed by atoms with Gasteiger partial charge in [-0.25, -0.2) is 0 Å². The van der Waals surface area contributed by atoms with E-state index >= 15 is 0 Å². The lowest BCUT2D eigenvalue weighted by molar-refractivity contribution is -0.116. The predicted octanol–water partition coefficient (Wildman–Crippen LogP) is 4.04. The molecule has 3 rings (SSSR count). The summed E-state index contributed by atoms with van der Waals surface area (Å²) >= 11 is 6.08. The van der Waals surface area contributed by atoms with Crippen molar-refractivity contribution < 1.29 is 4.79 Å².